The number of benzene rings is 2. The first kappa shape index (κ1) is 19.3. The minimum absolute atomic E-state index is 0.330. The molecule has 28 heavy (non-hydrogen) atoms. The minimum Gasteiger partial charge on any atom is -0.462 e. The summed E-state index contributed by atoms with van der Waals surface area (Å²) < 4.78 is 10.1. The summed E-state index contributed by atoms with van der Waals surface area (Å²) in [7, 11) is 0. The van der Waals surface area contributed by atoms with E-state index in [-0.39, 0.29) is 11.9 Å². The predicted octanol–water partition coefficient (Wildman–Crippen LogP) is 4.77. The smallest absolute Gasteiger partial charge is 0.338 e. The van der Waals surface area contributed by atoms with Crippen LogP contribution < -0.4 is 0 Å². The molecule has 0 spiro atoms. The minimum atomic E-state index is -0.351. The lowest BCUT2D eigenvalue weighted by atomic mass is 9.99. The Morgan fingerprint density at radius 2 is 1.18 bits per heavy atom. The van der Waals surface area contributed by atoms with Crippen LogP contribution in [0.4, 0.5) is 0 Å². The van der Waals surface area contributed by atoms with E-state index in [1.165, 1.54) is 0 Å². The summed E-state index contributed by atoms with van der Waals surface area (Å²) in [5, 5.41) is 0. The number of rotatable bonds is 6. The van der Waals surface area contributed by atoms with E-state index in [1.807, 2.05) is 30.3 Å². The SMILES string of the molecule is CCOC(=O)c1cccc(-c2cncc(-c3cccc(C(=O)OCC)c3)c2)c1. The third-order valence-corrected chi connectivity index (χ3v) is 4.15. The Balaban J connectivity index is 1.93. The summed E-state index contributed by atoms with van der Waals surface area (Å²) in [5.74, 6) is -0.703. The summed E-state index contributed by atoms with van der Waals surface area (Å²) in [4.78, 5) is 28.3. The largest absolute Gasteiger partial charge is 0.462 e. The summed E-state index contributed by atoms with van der Waals surface area (Å²) in [6, 6.07) is 16.5. The van der Waals surface area contributed by atoms with Crippen LogP contribution in [0.1, 0.15) is 34.6 Å². The lowest BCUT2D eigenvalue weighted by Crippen LogP contribution is -2.04. The number of nitrogens with zero attached hydrogens (tertiary/aromatic N) is 1. The highest BCUT2D eigenvalue weighted by Gasteiger charge is 2.11. The molecule has 5 nitrogen and oxygen atoms in total. The molecule has 3 aromatic rings. The van der Waals surface area contributed by atoms with E-state index in [4.69, 9.17) is 9.47 Å². The van der Waals surface area contributed by atoms with Gasteiger partial charge in [-0.05, 0) is 55.3 Å². The molecule has 142 valence electrons. The zero-order valence-electron chi connectivity index (χ0n) is 15.8. The van der Waals surface area contributed by atoms with E-state index >= 15 is 0 Å². The fourth-order valence-corrected chi connectivity index (χ4v) is 2.84. The summed E-state index contributed by atoms with van der Waals surface area (Å²) in [6.07, 6.45) is 3.48. The molecule has 0 unspecified atom stereocenters. The topological polar surface area (TPSA) is 65.5 Å². The number of carbonyl (C=O) groups is 2. The van der Waals surface area contributed by atoms with Gasteiger partial charge in [-0.1, -0.05) is 24.3 Å². The van der Waals surface area contributed by atoms with E-state index in [2.05, 4.69) is 4.98 Å². The fraction of sp³-hybridized carbons (Fsp3) is 0.174. The van der Waals surface area contributed by atoms with E-state index in [0.717, 1.165) is 22.3 Å². The fourth-order valence-electron chi connectivity index (χ4n) is 2.84. The van der Waals surface area contributed by atoms with E-state index in [1.54, 1.807) is 50.5 Å². The lowest BCUT2D eigenvalue weighted by Gasteiger charge is -2.08. The van der Waals surface area contributed by atoms with Crippen molar-refractivity contribution in [2.45, 2.75) is 13.8 Å². The van der Waals surface area contributed by atoms with Crippen LogP contribution in [-0.4, -0.2) is 30.1 Å². The van der Waals surface area contributed by atoms with Gasteiger partial charge in [0, 0.05) is 23.5 Å². The summed E-state index contributed by atoms with van der Waals surface area (Å²) in [5.41, 5.74) is 4.45. The van der Waals surface area contributed by atoms with Gasteiger partial charge in [0.1, 0.15) is 0 Å². The van der Waals surface area contributed by atoms with Gasteiger partial charge in [0.2, 0.25) is 0 Å². The molecule has 1 aromatic heterocycles. The van der Waals surface area contributed by atoms with Crippen molar-refractivity contribution in [1.29, 1.82) is 0 Å². The Kier molecular flexibility index (Phi) is 6.17. The van der Waals surface area contributed by atoms with Crippen molar-refractivity contribution in [2.75, 3.05) is 13.2 Å². The zero-order valence-corrected chi connectivity index (χ0v) is 15.8. The molecule has 0 aliphatic carbocycles. The molecule has 3 rings (SSSR count). The Morgan fingerprint density at radius 1 is 0.714 bits per heavy atom. The van der Waals surface area contributed by atoms with E-state index in [0.29, 0.717) is 24.3 Å². The number of aromatic nitrogens is 1. The highest BCUT2D eigenvalue weighted by Crippen LogP contribution is 2.26. The monoisotopic (exact) mass is 375 g/mol. The van der Waals surface area contributed by atoms with Crippen LogP contribution in [0.5, 0.6) is 0 Å². The van der Waals surface area contributed by atoms with Crippen LogP contribution in [-0.2, 0) is 9.47 Å². The highest BCUT2D eigenvalue weighted by molar-refractivity contribution is 5.92. The van der Waals surface area contributed by atoms with Crippen LogP contribution in [0.15, 0.2) is 67.0 Å². The van der Waals surface area contributed by atoms with Gasteiger partial charge in [-0.25, -0.2) is 9.59 Å². The third kappa shape index (κ3) is 4.43. The molecule has 0 N–H and O–H groups in total. The molecule has 2 aromatic carbocycles. The van der Waals surface area contributed by atoms with Gasteiger partial charge in [-0.2, -0.15) is 0 Å². The molecule has 0 aliphatic rings. The van der Waals surface area contributed by atoms with Gasteiger partial charge in [-0.15, -0.1) is 0 Å². The van der Waals surface area contributed by atoms with Crippen LogP contribution in [0.3, 0.4) is 0 Å². The van der Waals surface area contributed by atoms with Crippen molar-refractivity contribution in [3.63, 3.8) is 0 Å². The lowest BCUT2D eigenvalue weighted by molar-refractivity contribution is 0.0517. The maximum absolute atomic E-state index is 12.0. The van der Waals surface area contributed by atoms with Crippen LogP contribution in [0, 0.1) is 0 Å². The molecule has 0 radical (unpaired) electrons. The quantitative estimate of drug-likeness (QED) is 0.581. The maximum Gasteiger partial charge on any atom is 0.338 e. The summed E-state index contributed by atoms with van der Waals surface area (Å²) >= 11 is 0. The van der Waals surface area contributed by atoms with Crippen molar-refractivity contribution in [1.82, 2.24) is 4.98 Å². The van der Waals surface area contributed by atoms with Crippen molar-refractivity contribution in [3.05, 3.63) is 78.1 Å². The molecular weight excluding hydrogens is 354 g/mol. The molecule has 0 aliphatic heterocycles. The molecule has 0 bridgehead atoms. The molecular formula is C23H21NO4. The van der Waals surface area contributed by atoms with Gasteiger partial charge in [0.05, 0.1) is 24.3 Å². The average molecular weight is 375 g/mol. The molecule has 1 heterocycles. The maximum atomic E-state index is 12.0. The second-order valence-corrected chi connectivity index (χ2v) is 6.06. The van der Waals surface area contributed by atoms with Crippen LogP contribution in [0.2, 0.25) is 0 Å². The number of esters is 2. The van der Waals surface area contributed by atoms with Gasteiger partial charge in [0.25, 0.3) is 0 Å². The van der Waals surface area contributed by atoms with E-state index in [9.17, 15) is 9.59 Å². The second kappa shape index (κ2) is 8.95. The van der Waals surface area contributed by atoms with Crippen molar-refractivity contribution in [3.8, 4) is 22.3 Å². The standard InChI is InChI=1S/C23H21NO4/c1-3-27-22(25)18-9-5-7-16(11-18)20-13-21(15-24-14-20)17-8-6-10-19(12-17)23(26)28-4-2/h5-15H,3-4H2,1-2H3. The Hall–Kier alpha value is -3.47. The first-order valence-corrected chi connectivity index (χ1v) is 9.12. The van der Waals surface area contributed by atoms with Crippen molar-refractivity contribution < 1.29 is 19.1 Å². The first-order valence-electron chi connectivity index (χ1n) is 9.12. The summed E-state index contributed by atoms with van der Waals surface area (Å²) in [6.45, 7) is 4.22. The Morgan fingerprint density at radius 3 is 1.61 bits per heavy atom. The van der Waals surface area contributed by atoms with Gasteiger partial charge in [-0.3, -0.25) is 4.98 Å². The van der Waals surface area contributed by atoms with E-state index < -0.39 is 0 Å². The predicted molar refractivity (Wildman–Crippen MR) is 107 cm³/mol. The normalized spacial score (nSPS) is 10.4. The van der Waals surface area contributed by atoms with Crippen LogP contribution >= 0.6 is 0 Å². The van der Waals surface area contributed by atoms with Crippen LogP contribution in [0.25, 0.3) is 22.3 Å². The number of carbonyl (C=O) groups excluding carboxylic acids is 2. The molecule has 0 atom stereocenters. The van der Waals surface area contributed by atoms with Crippen molar-refractivity contribution >= 4 is 11.9 Å². The number of hydrogen-bond donors (Lipinski definition) is 0. The second-order valence-electron chi connectivity index (χ2n) is 6.06. The first-order chi connectivity index (χ1) is 13.6. The molecule has 5 heteroatoms. The number of ether oxygens (including phenoxy) is 2. The molecule has 0 fully saturated rings. The third-order valence-electron chi connectivity index (χ3n) is 4.15. The average Bonchev–Trinajstić information content (AvgIpc) is 2.74. The number of hydrogen-bond acceptors (Lipinski definition) is 5. The van der Waals surface area contributed by atoms with Gasteiger partial charge >= 0.3 is 11.9 Å². The molecule has 0 amide bonds. The highest BCUT2D eigenvalue weighted by atomic mass is 16.5. The zero-order chi connectivity index (χ0) is 19.9. The Bertz CT molecular complexity index is 920. The van der Waals surface area contributed by atoms with Crippen molar-refractivity contribution in [2.24, 2.45) is 0 Å². The van der Waals surface area contributed by atoms with Gasteiger partial charge < -0.3 is 9.47 Å². The number of pyridine rings is 1. The molecule has 0 saturated carbocycles. The molecule has 0 saturated heterocycles. The Labute approximate surface area is 164 Å². The van der Waals surface area contributed by atoms with Gasteiger partial charge in [0.15, 0.2) is 0 Å².